The van der Waals surface area contributed by atoms with Gasteiger partial charge in [-0.05, 0) is 44.9 Å². The number of rotatable bonds is 43. The summed E-state index contributed by atoms with van der Waals surface area (Å²) < 4.78 is 32.7. The Morgan fingerprint density at radius 2 is 0.931 bits per heavy atom. The zero-order valence-corrected chi connectivity index (χ0v) is 37.5. The van der Waals surface area contributed by atoms with Crippen LogP contribution in [0.4, 0.5) is 0 Å². The van der Waals surface area contributed by atoms with Gasteiger partial charge in [0, 0.05) is 12.8 Å². The third-order valence-electron chi connectivity index (χ3n) is 9.89. The first-order valence-electron chi connectivity index (χ1n) is 23.0. The van der Waals surface area contributed by atoms with Crippen LogP contribution < -0.4 is 5.73 Å². The summed E-state index contributed by atoms with van der Waals surface area (Å²) >= 11 is 0. The maximum absolute atomic E-state index is 12.6. The highest BCUT2D eigenvalue weighted by molar-refractivity contribution is 7.47. The van der Waals surface area contributed by atoms with Crippen LogP contribution in [0.1, 0.15) is 206 Å². The van der Waals surface area contributed by atoms with Gasteiger partial charge in [-0.25, -0.2) is 4.57 Å². The normalized spacial score (nSPS) is 14.0. The number of carboxylic acid groups (broad SMARTS) is 1. The van der Waals surface area contributed by atoms with Gasteiger partial charge in [-0.2, -0.15) is 0 Å². The monoisotopic (exact) mass is 842 g/mol. The molecule has 11 nitrogen and oxygen atoms in total. The van der Waals surface area contributed by atoms with Gasteiger partial charge in [0.15, 0.2) is 6.10 Å². The lowest BCUT2D eigenvalue weighted by molar-refractivity contribution is -0.161. The molecule has 0 aliphatic rings. The van der Waals surface area contributed by atoms with E-state index in [0.717, 1.165) is 38.5 Å². The molecule has 0 aromatic heterocycles. The summed E-state index contributed by atoms with van der Waals surface area (Å²) in [6.45, 7) is 2.77. The molecule has 1 unspecified atom stereocenters. The first-order valence-corrected chi connectivity index (χ1v) is 24.5. The molecular weight excluding hydrogens is 757 g/mol. The molecule has 4 N–H and O–H groups in total. The second kappa shape index (κ2) is 41.4. The standard InChI is InChI=1S/C46H84NO10P/c1-3-5-7-9-11-13-15-17-19-21-23-25-27-29-31-33-35-37-44(48)54-39-42(40-55-58(52,53)56-41-43(47)46(50)51)57-45(49)38-36-34-32-30-28-26-24-22-20-18-16-14-12-10-8-6-4-2/h17,19,23,25,29,31,42-43H,3-16,18,20-22,24,26-28,30,32-41,47H2,1-2H3,(H,50,51)(H,52,53)/b19-17+,25-23+,31-29+/t42-,43+/m1/s1. The number of carboxylic acids is 1. The van der Waals surface area contributed by atoms with Crippen molar-refractivity contribution < 1.29 is 47.5 Å². The third-order valence-corrected chi connectivity index (χ3v) is 10.8. The average molecular weight is 842 g/mol. The van der Waals surface area contributed by atoms with Gasteiger partial charge in [0.1, 0.15) is 12.6 Å². The smallest absolute Gasteiger partial charge is 0.472 e. The number of phosphoric ester groups is 1. The second-order valence-corrected chi connectivity index (χ2v) is 17.0. The molecule has 0 heterocycles. The lowest BCUT2D eigenvalue weighted by atomic mass is 10.0. The van der Waals surface area contributed by atoms with E-state index < -0.39 is 51.1 Å². The predicted octanol–water partition coefficient (Wildman–Crippen LogP) is 12.4. The zero-order chi connectivity index (χ0) is 42.8. The average Bonchev–Trinajstić information content (AvgIpc) is 3.20. The Balaban J connectivity index is 4.39. The molecule has 58 heavy (non-hydrogen) atoms. The number of carbonyl (C=O) groups excluding carboxylic acids is 2. The summed E-state index contributed by atoms with van der Waals surface area (Å²) in [4.78, 5) is 46.0. The lowest BCUT2D eigenvalue weighted by Crippen LogP contribution is -2.34. The number of phosphoric acid groups is 1. The van der Waals surface area contributed by atoms with Gasteiger partial charge in [0.2, 0.25) is 0 Å². The Morgan fingerprint density at radius 1 is 0.534 bits per heavy atom. The van der Waals surface area contributed by atoms with E-state index in [1.165, 1.54) is 122 Å². The number of hydrogen-bond acceptors (Lipinski definition) is 9. The number of esters is 2. The molecule has 0 aromatic rings. The summed E-state index contributed by atoms with van der Waals surface area (Å²) in [5.41, 5.74) is 5.33. The number of allylic oxidation sites excluding steroid dienone is 6. The number of hydrogen-bond donors (Lipinski definition) is 3. The summed E-state index contributed by atoms with van der Waals surface area (Å²) in [5, 5.41) is 8.89. The maximum atomic E-state index is 12.6. The summed E-state index contributed by atoms with van der Waals surface area (Å²) in [6, 6.07) is -1.53. The van der Waals surface area contributed by atoms with Crippen LogP contribution in [0.2, 0.25) is 0 Å². The van der Waals surface area contributed by atoms with Crippen LogP contribution in [0, 0.1) is 0 Å². The molecule has 0 amide bonds. The van der Waals surface area contributed by atoms with Crippen molar-refractivity contribution >= 4 is 25.7 Å². The molecule has 338 valence electrons. The third kappa shape index (κ3) is 40.5. The van der Waals surface area contributed by atoms with Crippen molar-refractivity contribution in [2.24, 2.45) is 5.73 Å². The Bertz CT molecular complexity index is 1130. The molecule has 0 saturated carbocycles. The molecule has 0 aliphatic carbocycles. The molecule has 3 atom stereocenters. The van der Waals surface area contributed by atoms with Crippen molar-refractivity contribution in [1.29, 1.82) is 0 Å². The van der Waals surface area contributed by atoms with E-state index in [4.69, 9.17) is 24.8 Å². The molecule has 0 spiro atoms. The van der Waals surface area contributed by atoms with Crippen LogP contribution in [0.5, 0.6) is 0 Å². The maximum Gasteiger partial charge on any atom is 0.472 e. The highest BCUT2D eigenvalue weighted by atomic mass is 31.2. The van der Waals surface area contributed by atoms with E-state index in [1.54, 1.807) is 0 Å². The van der Waals surface area contributed by atoms with Gasteiger partial charge in [-0.1, -0.05) is 185 Å². The van der Waals surface area contributed by atoms with Gasteiger partial charge in [-0.15, -0.1) is 0 Å². The lowest BCUT2D eigenvalue weighted by Gasteiger charge is -2.20. The van der Waals surface area contributed by atoms with Gasteiger partial charge in [0.05, 0.1) is 13.2 Å². The first kappa shape index (κ1) is 55.7. The SMILES string of the molecule is CCCCCCCC/C=C/C/C=C/C/C=C/CCCC(=O)OC[C@H](COP(=O)(O)OC[C@H](N)C(=O)O)OC(=O)CCCCCCCCCCCCCCCCCCC. The van der Waals surface area contributed by atoms with Crippen LogP contribution in [0.25, 0.3) is 0 Å². The number of carbonyl (C=O) groups is 3. The molecule has 0 fully saturated rings. The molecule has 12 heteroatoms. The van der Waals surface area contributed by atoms with Crippen molar-refractivity contribution in [3.63, 3.8) is 0 Å². The van der Waals surface area contributed by atoms with E-state index in [-0.39, 0.29) is 19.4 Å². The minimum absolute atomic E-state index is 0.152. The zero-order valence-electron chi connectivity index (χ0n) is 36.6. The fourth-order valence-corrected chi connectivity index (χ4v) is 7.04. The number of unbranched alkanes of at least 4 members (excludes halogenated alkanes) is 23. The summed E-state index contributed by atoms with van der Waals surface area (Å²) in [6.07, 6.45) is 45.0. The van der Waals surface area contributed by atoms with E-state index >= 15 is 0 Å². The quantitative estimate of drug-likeness (QED) is 0.0231. The van der Waals surface area contributed by atoms with E-state index in [0.29, 0.717) is 19.3 Å². The first-order chi connectivity index (χ1) is 28.1. The molecule has 0 rings (SSSR count). The van der Waals surface area contributed by atoms with Crippen LogP contribution in [-0.2, 0) is 37.5 Å². The van der Waals surface area contributed by atoms with Gasteiger partial charge in [0.25, 0.3) is 0 Å². The number of aliphatic carboxylic acids is 1. The summed E-state index contributed by atoms with van der Waals surface area (Å²) in [5.74, 6) is -2.44. The van der Waals surface area contributed by atoms with Crippen molar-refractivity contribution in [3.8, 4) is 0 Å². The van der Waals surface area contributed by atoms with Crippen LogP contribution in [0.3, 0.4) is 0 Å². The van der Waals surface area contributed by atoms with Crippen LogP contribution in [0.15, 0.2) is 36.5 Å². The van der Waals surface area contributed by atoms with Crippen LogP contribution in [-0.4, -0.2) is 59.9 Å². The Kier molecular flexibility index (Phi) is 39.8. The summed E-state index contributed by atoms with van der Waals surface area (Å²) in [7, 11) is -4.73. The van der Waals surface area contributed by atoms with Crippen molar-refractivity contribution in [1.82, 2.24) is 0 Å². The number of nitrogens with two attached hydrogens (primary N) is 1. The Morgan fingerprint density at radius 3 is 1.41 bits per heavy atom. The Hall–Kier alpha value is -2.30. The van der Waals surface area contributed by atoms with Gasteiger partial charge < -0.3 is 25.2 Å². The minimum Gasteiger partial charge on any atom is -0.480 e. The molecule has 0 aliphatic heterocycles. The molecule has 0 saturated heterocycles. The molecule has 0 radical (unpaired) electrons. The minimum atomic E-state index is -4.73. The van der Waals surface area contributed by atoms with E-state index in [9.17, 15) is 23.8 Å². The predicted molar refractivity (Wildman–Crippen MR) is 235 cm³/mol. The number of ether oxygens (including phenoxy) is 2. The molecule has 0 bridgehead atoms. The van der Waals surface area contributed by atoms with E-state index in [1.807, 2.05) is 6.08 Å². The van der Waals surface area contributed by atoms with Gasteiger partial charge >= 0.3 is 25.7 Å². The molecule has 0 aromatic carbocycles. The van der Waals surface area contributed by atoms with Crippen molar-refractivity contribution in [2.75, 3.05) is 19.8 Å². The second-order valence-electron chi connectivity index (χ2n) is 15.5. The Labute approximate surface area is 353 Å². The van der Waals surface area contributed by atoms with Gasteiger partial charge in [-0.3, -0.25) is 23.4 Å². The van der Waals surface area contributed by atoms with Crippen molar-refractivity contribution in [2.45, 2.75) is 219 Å². The van der Waals surface area contributed by atoms with E-state index in [2.05, 4.69) is 48.8 Å². The van der Waals surface area contributed by atoms with Crippen LogP contribution >= 0.6 is 7.82 Å². The fraction of sp³-hybridized carbons (Fsp3) is 0.804. The highest BCUT2D eigenvalue weighted by Gasteiger charge is 2.28. The fourth-order valence-electron chi connectivity index (χ4n) is 6.26. The molecular formula is C46H84NO10P. The van der Waals surface area contributed by atoms with Crippen molar-refractivity contribution in [3.05, 3.63) is 36.5 Å². The highest BCUT2D eigenvalue weighted by Crippen LogP contribution is 2.43. The largest absolute Gasteiger partial charge is 0.480 e. The topological polar surface area (TPSA) is 172 Å².